The summed E-state index contributed by atoms with van der Waals surface area (Å²) in [4.78, 5) is 13.5. The van der Waals surface area contributed by atoms with E-state index in [1.807, 2.05) is 45.9 Å². The van der Waals surface area contributed by atoms with Gasteiger partial charge in [0.2, 0.25) is 0 Å². The molecule has 0 saturated carbocycles. The summed E-state index contributed by atoms with van der Waals surface area (Å²) in [6.45, 7) is 9.54. The zero-order valence-corrected chi connectivity index (χ0v) is 13.7. The topological polar surface area (TPSA) is 38.8 Å². The van der Waals surface area contributed by atoms with E-state index in [9.17, 15) is 4.79 Å². The van der Waals surface area contributed by atoms with Crippen molar-refractivity contribution < 1.29 is 14.3 Å². The van der Waals surface area contributed by atoms with Crippen LogP contribution in [0.25, 0.3) is 0 Å². The van der Waals surface area contributed by atoms with Crippen molar-refractivity contribution in [3.63, 3.8) is 0 Å². The summed E-state index contributed by atoms with van der Waals surface area (Å²) in [7, 11) is 0. The van der Waals surface area contributed by atoms with Gasteiger partial charge in [-0.2, -0.15) is 0 Å². The summed E-state index contributed by atoms with van der Waals surface area (Å²) in [5.74, 6) is 1.20. The molecule has 0 atom stereocenters. The highest BCUT2D eigenvalue weighted by molar-refractivity contribution is 6.30. The second kappa shape index (κ2) is 6.14. The Morgan fingerprint density at radius 1 is 1.38 bits per heavy atom. The third-order valence-electron chi connectivity index (χ3n) is 3.22. The van der Waals surface area contributed by atoms with Crippen LogP contribution in [0.4, 0.5) is 4.79 Å². The molecule has 0 unspecified atom stereocenters. The predicted molar refractivity (Wildman–Crippen MR) is 83.0 cm³/mol. The van der Waals surface area contributed by atoms with Crippen LogP contribution in [0.2, 0.25) is 5.02 Å². The Bertz CT molecular complexity index is 519. The quantitative estimate of drug-likeness (QED) is 0.850. The van der Waals surface area contributed by atoms with Crippen LogP contribution in [0.15, 0.2) is 18.2 Å². The zero-order valence-electron chi connectivity index (χ0n) is 13.0. The van der Waals surface area contributed by atoms with Gasteiger partial charge < -0.3 is 14.4 Å². The minimum Gasteiger partial charge on any atom is -0.493 e. The number of carbonyl (C=O) groups is 1. The molecule has 0 N–H and O–H groups in total. The second-order valence-corrected chi connectivity index (χ2v) is 6.91. The smallest absolute Gasteiger partial charge is 0.410 e. The molecule has 1 aromatic rings. The van der Waals surface area contributed by atoms with E-state index < -0.39 is 5.60 Å². The standard InChI is InChI=1S/C16H22ClNO3/c1-11-7-13(17)5-6-14(11)20-10-12-8-18(9-12)15(19)21-16(2,3)4/h5-7,12H,8-10H2,1-4H3. The van der Waals surface area contributed by atoms with E-state index >= 15 is 0 Å². The largest absolute Gasteiger partial charge is 0.493 e. The number of halogens is 1. The highest BCUT2D eigenvalue weighted by atomic mass is 35.5. The number of amides is 1. The Morgan fingerprint density at radius 2 is 2.05 bits per heavy atom. The van der Waals surface area contributed by atoms with Crippen LogP contribution in [-0.4, -0.2) is 36.3 Å². The van der Waals surface area contributed by atoms with Crippen molar-refractivity contribution in [1.29, 1.82) is 0 Å². The Hall–Kier alpha value is -1.42. The lowest BCUT2D eigenvalue weighted by atomic mass is 10.0. The lowest BCUT2D eigenvalue weighted by molar-refractivity contribution is -0.00785. The molecule has 0 spiro atoms. The van der Waals surface area contributed by atoms with E-state index in [1.165, 1.54) is 0 Å². The van der Waals surface area contributed by atoms with Gasteiger partial charge in [-0.05, 0) is 51.5 Å². The average molecular weight is 312 g/mol. The maximum absolute atomic E-state index is 11.8. The molecule has 5 heteroatoms. The maximum atomic E-state index is 11.8. The molecule has 1 aliphatic rings. The lowest BCUT2D eigenvalue weighted by Crippen LogP contribution is -2.53. The van der Waals surface area contributed by atoms with Gasteiger partial charge in [-0.25, -0.2) is 4.79 Å². The van der Waals surface area contributed by atoms with Crippen molar-refractivity contribution in [2.75, 3.05) is 19.7 Å². The first-order valence-corrected chi connectivity index (χ1v) is 7.49. The molecule has 21 heavy (non-hydrogen) atoms. The monoisotopic (exact) mass is 311 g/mol. The molecule has 0 radical (unpaired) electrons. The van der Waals surface area contributed by atoms with Crippen LogP contribution in [0.1, 0.15) is 26.3 Å². The molecule has 0 aliphatic carbocycles. The Balaban J connectivity index is 1.75. The van der Waals surface area contributed by atoms with Gasteiger partial charge in [-0.15, -0.1) is 0 Å². The summed E-state index contributed by atoms with van der Waals surface area (Å²) in [6, 6.07) is 5.57. The number of aryl methyl sites for hydroxylation is 1. The zero-order chi connectivity index (χ0) is 15.6. The van der Waals surface area contributed by atoms with Gasteiger partial charge >= 0.3 is 6.09 Å². The van der Waals surface area contributed by atoms with Gasteiger partial charge in [0.15, 0.2) is 0 Å². The molecule has 116 valence electrons. The van der Waals surface area contributed by atoms with Crippen LogP contribution in [0.3, 0.4) is 0 Å². The molecule has 1 amide bonds. The van der Waals surface area contributed by atoms with Crippen LogP contribution >= 0.6 is 11.6 Å². The van der Waals surface area contributed by atoms with E-state index in [1.54, 1.807) is 4.90 Å². The number of hydrogen-bond donors (Lipinski definition) is 0. The van der Waals surface area contributed by atoms with E-state index in [4.69, 9.17) is 21.1 Å². The minimum absolute atomic E-state index is 0.249. The van der Waals surface area contributed by atoms with Crippen molar-refractivity contribution in [2.24, 2.45) is 5.92 Å². The maximum Gasteiger partial charge on any atom is 0.410 e. The Morgan fingerprint density at radius 3 is 2.62 bits per heavy atom. The average Bonchev–Trinajstić information content (AvgIpc) is 2.27. The molecule has 0 aromatic heterocycles. The minimum atomic E-state index is -0.445. The molecular weight excluding hydrogens is 290 g/mol. The molecule has 4 nitrogen and oxygen atoms in total. The van der Waals surface area contributed by atoms with Crippen molar-refractivity contribution >= 4 is 17.7 Å². The molecular formula is C16H22ClNO3. The van der Waals surface area contributed by atoms with Gasteiger partial charge in [-0.3, -0.25) is 0 Å². The van der Waals surface area contributed by atoms with Gasteiger partial charge in [0.1, 0.15) is 11.4 Å². The van der Waals surface area contributed by atoms with Crippen LogP contribution in [-0.2, 0) is 4.74 Å². The summed E-state index contributed by atoms with van der Waals surface area (Å²) in [5, 5.41) is 0.708. The highest BCUT2D eigenvalue weighted by Crippen LogP contribution is 2.24. The van der Waals surface area contributed by atoms with E-state index in [0.29, 0.717) is 30.6 Å². The normalized spacial score (nSPS) is 15.6. The summed E-state index contributed by atoms with van der Waals surface area (Å²) in [6.07, 6.45) is -0.249. The Labute approximate surface area is 131 Å². The molecule has 2 rings (SSSR count). The third kappa shape index (κ3) is 4.53. The number of nitrogens with zero attached hydrogens (tertiary/aromatic N) is 1. The second-order valence-electron chi connectivity index (χ2n) is 6.47. The number of benzene rings is 1. The van der Waals surface area contributed by atoms with Gasteiger partial charge in [0.05, 0.1) is 6.61 Å². The van der Waals surface area contributed by atoms with E-state index in [2.05, 4.69) is 0 Å². The SMILES string of the molecule is Cc1cc(Cl)ccc1OCC1CN(C(=O)OC(C)(C)C)C1. The summed E-state index contributed by atoms with van der Waals surface area (Å²) in [5.41, 5.74) is 0.574. The van der Waals surface area contributed by atoms with E-state index in [-0.39, 0.29) is 6.09 Å². The molecule has 1 aliphatic heterocycles. The fraction of sp³-hybridized carbons (Fsp3) is 0.562. The fourth-order valence-electron chi connectivity index (χ4n) is 2.13. The molecule has 1 fully saturated rings. The summed E-state index contributed by atoms with van der Waals surface area (Å²) < 4.78 is 11.1. The molecule has 1 heterocycles. The van der Waals surface area contributed by atoms with Gasteiger partial charge in [0.25, 0.3) is 0 Å². The number of hydrogen-bond acceptors (Lipinski definition) is 3. The predicted octanol–water partition coefficient (Wildman–Crippen LogP) is 3.89. The lowest BCUT2D eigenvalue weighted by Gasteiger charge is -2.39. The number of likely N-dealkylation sites (tertiary alicyclic amines) is 1. The van der Waals surface area contributed by atoms with Gasteiger partial charge in [0, 0.05) is 24.0 Å². The molecule has 1 saturated heterocycles. The van der Waals surface area contributed by atoms with Crippen LogP contribution in [0, 0.1) is 12.8 Å². The first-order valence-electron chi connectivity index (χ1n) is 7.11. The van der Waals surface area contributed by atoms with Crippen LogP contribution < -0.4 is 4.74 Å². The molecule has 0 bridgehead atoms. The van der Waals surface area contributed by atoms with Crippen molar-refractivity contribution in [1.82, 2.24) is 4.90 Å². The number of rotatable bonds is 3. The molecule has 1 aromatic carbocycles. The highest BCUT2D eigenvalue weighted by Gasteiger charge is 2.34. The first-order chi connectivity index (χ1) is 9.74. The van der Waals surface area contributed by atoms with Crippen molar-refractivity contribution in [3.8, 4) is 5.75 Å². The van der Waals surface area contributed by atoms with Gasteiger partial charge in [-0.1, -0.05) is 11.6 Å². The first kappa shape index (κ1) is 16.0. The third-order valence-corrected chi connectivity index (χ3v) is 3.46. The van der Waals surface area contributed by atoms with E-state index in [0.717, 1.165) is 11.3 Å². The fourth-order valence-corrected chi connectivity index (χ4v) is 2.36. The Kier molecular flexibility index (Phi) is 4.67. The summed E-state index contributed by atoms with van der Waals surface area (Å²) >= 11 is 5.91. The number of carbonyl (C=O) groups excluding carboxylic acids is 1. The van der Waals surface area contributed by atoms with Crippen LogP contribution in [0.5, 0.6) is 5.75 Å². The number of ether oxygens (including phenoxy) is 2. The van der Waals surface area contributed by atoms with Crippen molar-refractivity contribution in [2.45, 2.75) is 33.3 Å². The van der Waals surface area contributed by atoms with Crippen molar-refractivity contribution in [3.05, 3.63) is 28.8 Å².